The van der Waals surface area contributed by atoms with E-state index in [1.54, 1.807) is 4.90 Å². The van der Waals surface area contributed by atoms with Gasteiger partial charge in [0.05, 0.1) is 12.6 Å². The van der Waals surface area contributed by atoms with Crippen LogP contribution >= 0.6 is 0 Å². The van der Waals surface area contributed by atoms with Crippen molar-refractivity contribution >= 4 is 17.7 Å². The largest absolute Gasteiger partial charge is 0.354 e. The van der Waals surface area contributed by atoms with Crippen LogP contribution in [0.3, 0.4) is 0 Å². The molecule has 0 aromatic heterocycles. The fourth-order valence-corrected chi connectivity index (χ4v) is 3.34. The second-order valence-electron chi connectivity index (χ2n) is 6.77. The van der Waals surface area contributed by atoms with Crippen molar-refractivity contribution in [2.45, 2.75) is 51.5 Å². The van der Waals surface area contributed by atoms with Crippen LogP contribution in [0.15, 0.2) is 0 Å². The number of nitrogens with one attached hydrogen (secondary N) is 3. The minimum atomic E-state index is -0.0734. The maximum absolute atomic E-state index is 12.2. The normalized spacial score (nSPS) is 23.8. The van der Waals surface area contributed by atoms with Crippen LogP contribution in [0.1, 0.15) is 45.4 Å². The van der Waals surface area contributed by atoms with Crippen molar-refractivity contribution in [3.8, 4) is 0 Å². The van der Waals surface area contributed by atoms with Crippen molar-refractivity contribution < 1.29 is 14.4 Å². The van der Waals surface area contributed by atoms with Gasteiger partial charge in [-0.3, -0.25) is 14.4 Å². The summed E-state index contributed by atoms with van der Waals surface area (Å²) in [7, 11) is 0. The Bertz CT molecular complexity index is 449. The monoisotopic (exact) mass is 338 g/mol. The molecule has 2 unspecified atom stereocenters. The maximum atomic E-state index is 12.2. The molecule has 136 valence electrons. The molecule has 0 spiro atoms. The third kappa shape index (κ3) is 5.78. The molecule has 3 amide bonds. The average Bonchev–Trinajstić information content (AvgIpc) is 3.13. The molecule has 0 aliphatic carbocycles. The summed E-state index contributed by atoms with van der Waals surface area (Å²) < 4.78 is 0. The van der Waals surface area contributed by atoms with E-state index in [4.69, 9.17) is 0 Å². The number of hydrogen-bond donors (Lipinski definition) is 3. The molecule has 0 radical (unpaired) electrons. The van der Waals surface area contributed by atoms with Gasteiger partial charge in [0.15, 0.2) is 0 Å². The number of carbonyl (C=O) groups excluding carboxylic acids is 3. The van der Waals surface area contributed by atoms with Gasteiger partial charge in [-0.15, -0.1) is 0 Å². The van der Waals surface area contributed by atoms with Gasteiger partial charge in [0.1, 0.15) is 0 Å². The van der Waals surface area contributed by atoms with Gasteiger partial charge < -0.3 is 20.9 Å². The highest BCUT2D eigenvalue weighted by molar-refractivity contribution is 5.84. The molecule has 24 heavy (non-hydrogen) atoms. The summed E-state index contributed by atoms with van der Waals surface area (Å²) in [5, 5.41) is 8.88. The van der Waals surface area contributed by atoms with E-state index in [0.29, 0.717) is 25.4 Å². The van der Waals surface area contributed by atoms with Crippen molar-refractivity contribution in [2.75, 3.05) is 32.7 Å². The van der Waals surface area contributed by atoms with Crippen molar-refractivity contribution in [1.29, 1.82) is 0 Å². The molecular weight excluding hydrogens is 308 g/mol. The molecular formula is C17H30N4O3. The van der Waals surface area contributed by atoms with Gasteiger partial charge in [0, 0.05) is 26.1 Å². The molecule has 2 rings (SSSR count). The van der Waals surface area contributed by atoms with Gasteiger partial charge in [-0.2, -0.15) is 0 Å². The van der Waals surface area contributed by atoms with Crippen LogP contribution in [0, 0.1) is 5.92 Å². The summed E-state index contributed by atoms with van der Waals surface area (Å²) in [5.74, 6) is 0.255. The quantitative estimate of drug-likeness (QED) is 0.610. The minimum Gasteiger partial charge on any atom is -0.354 e. The zero-order valence-corrected chi connectivity index (χ0v) is 14.6. The molecule has 0 aromatic carbocycles. The van der Waals surface area contributed by atoms with Gasteiger partial charge >= 0.3 is 0 Å². The van der Waals surface area contributed by atoms with Gasteiger partial charge in [-0.25, -0.2) is 0 Å². The lowest BCUT2D eigenvalue weighted by atomic mass is 9.97. The Balaban J connectivity index is 1.69. The van der Waals surface area contributed by atoms with E-state index in [9.17, 15) is 14.4 Å². The number of hydrogen-bond acceptors (Lipinski definition) is 4. The second-order valence-corrected chi connectivity index (χ2v) is 6.77. The highest BCUT2D eigenvalue weighted by Gasteiger charge is 2.26. The van der Waals surface area contributed by atoms with Gasteiger partial charge in [-0.1, -0.05) is 6.92 Å². The molecule has 0 aromatic rings. The SMILES string of the molecule is CCCC(=O)NCC(=O)N1CCCC(CNC(=O)C2CCCN2)C1. The van der Waals surface area contributed by atoms with Crippen LogP contribution in [0.25, 0.3) is 0 Å². The van der Waals surface area contributed by atoms with E-state index in [1.165, 1.54) is 0 Å². The Kier molecular flexibility index (Phi) is 7.49. The van der Waals surface area contributed by atoms with Crippen LogP contribution in [-0.4, -0.2) is 61.4 Å². The zero-order valence-electron chi connectivity index (χ0n) is 14.6. The highest BCUT2D eigenvalue weighted by atomic mass is 16.2. The van der Waals surface area contributed by atoms with E-state index in [1.807, 2.05) is 6.92 Å². The molecule has 2 heterocycles. The van der Waals surface area contributed by atoms with Crippen LogP contribution in [0.2, 0.25) is 0 Å². The molecule has 2 saturated heterocycles. The van der Waals surface area contributed by atoms with Crippen LogP contribution in [-0.2, 0) is 14.4 Å². The van der Waals surface area contributed by atoms with Crippen LogP contribution in [0.5, 0.6) is 0 Å². The molecule has 0 saturated carbocycles. The van der Waals surface area contributed by atoms with E-state index < -0.39 is 0 Å². The van der Waals surface area contributed by atoms with Gasteiger partial charge in [0.25, 0.3) is 0 Å². The Morgan fingerprint density at radius 3 is 2.71 bits per heavy atom. The highest BCUT2D eigenvalue weighted by Crippen LogP contribution is 2.16. The van der Waals surface area contributed by atoms with E-state index in [2.05, 4.69) is 16.0 Å². The predicted molar refractivity (Wildman–Crippen MR) is 91.3 cm³/mol. The van der Waals surface area contributed by atoms with Crippen LogP contribution in [0.4, 0.5) is 0 Å². The summed E-state index contributed by atoms with van der Waals surface area (Å²) in [5.41, 5.74) is 0. The summed E-state index contributed by atoms with van der Waals surface area (Å²) in [6.07, 6.45) is 5.14. The molecule has 7 heteroatoms. The molecule has 7 nitrogen and oxygen atoms in total. The first kappa shape index (κ1) is 18.7. The lowest BCUT2D eigenvalue weighted by Gasteiger charge is -2.33. The van der Waals surface area contributed by atoms with E-state index >= 15 is 0 Å². The Labute approximate surface area is 143 Å². The molecule has 2 aliphatic rings. The number of likely N-dealkylation sites (tertiary alicyclic amines) is 1. The standard InChI is InChI=1S/C17H30N4O3/c1-2-5-15(22)19-11-16(23)21-9-4-6-13(12-21)10-20-17(24)14-7-3-8-18-14/h13-14,18H,2-12H2,1H3,(H,19,22)(H,20,24). The predicted octanol–water partition coefficient (Wildman–Crippen LogP) is 0.00950. The van der Waals surface area contributed by atoms with E-state index in [0.717, 1.165) is 45.2 Å². The van der Waals surface area contributed by atoms with Crippen molar-refractivity contribution in [2.24, 2.45) is 5.92 Å². The first-order chi connectivity index (χ1) is 11.6. The first-order valence-electron chi connectivity index (χ1n) is 9.15. The second kappa shape index (κ2) is 9.61. The van der Waals surface area contributed by atoms with E-state index in [-0.39, 0.29) is 30.3 Å². The number of carbonyl (C=O) groups is 3. The lowest BCUT2D eigenvalue weighted by Crippen LogP contribution is -2.48. The zero-order chi connectivity index (χ0) is 17.4. The number of rotatable bonds is 7. The lowest BCUT2D eigenvalue weighted by molar-refractivity contribution is -0.134. The molecule has 2 aliphatic heterocycles. The van der Waals surface area contributed by atoms with Crippen LogP contribution < -0.4 is 16.0 Å². The summed E-state index contributed by atoms with van der Waals surface area (Å²) in [4.78, 5) is 37.5. The average molecular weight is 338 g/mol. The fourth-order valence-electron chi connectivity index (χ4n) is 3.34. The topological polar surface area (TPSA) is 90.5 Å². The Morgan fingerprint density at radius 1 is 1.17 bits per heavy atom. The van der Waals surface area contributed by atoms with Crippen molar-refractivity contribution in [3.63, 3.8) is 0 Å². The van der Waals surface area contributed by atoms with Gasteiger partial charge in [0.2, 0.25) is 17.7 Å². The summed E-state index contributed by atoms with van der Waals surface area (Å²) in [6.45, 7) is 4.92. The fraction of sp³-hybridized carbons (Fsp3) is 0.824. The number of piperidine rings is 1. The third-order valence-electron chi connectivity index (χ3n) is 4.73. The summed E-state index contributed by atoms with van der Waals surface area (Å²) >= 11 is 0. The number of amides is 3. The minimum absolute atomic E-state index is 0.0343. The van der Waals surface area contributed by atoms with Crippen molar-refractivity contribution in [3.05, 3.63) is 0 Å². The molecule has 0 bridgehead atoms. The Hall–Kier alpha value is -1.63. The first-order valence-corrected chi connectivity index (χ1v) is 9.15. The number of nitrogens with zero attached hydrogens (tertiary/aromatic N) is 1. The molecule has 3 N–H and O–H groups in total. The molecule has 2 fully saturated rings. The Morgan fingerprint density at radius 2 is 2.00 bits per heavy atom. The van der Waals surface area contributed by atoms with Gasteiger partial charge in [-0.05, 0) is 44.6 Å². The maximum Gasteiger partial charge on any atom is 0.241 e. The smallest absolute Gasteiger partial charge is 0.241 e. The summed E-state index contributed by atoms with van der Waals surface area (Å²) in [6, 6.07) is -0.0555. The third-order valence-corrected chi connectivity index (χ3v) is 4.73. The van der Waals surface area contributed by atoms with Crippen molar-refractivity contribution in [1.82, 2.24) is 20.9 Å². The molecule has 2 atom stereocenters.